The summed E-state index contributed by atoms with van der Waals surface area (Å²) in [5.74, 6) is -0.184. The van der Waals surface area contributed by atoms with Crippen molar-refractivity contribution in [2.24, 2.45) is 0 Å². The molecule has 6 nitrogen and oxygen atoms in total. The fourth-order valence-electron chi connectivity index (χ4n) is 4.10. The maximum absolute atomic E-state index is 12.8. The number of amides is 1. The number of halogens is 2. The van der Waals surface area contributed by atoms with Crippen LogP contribution < -0.4 is 10.9 Å². The largest absolute Gasteiger partial charge is 0.346 e. The molecule has 5 aromatic rings. The lowest BCUT2D eigenvalue weighted by Gasteiger charge is -2.10. The molecule has 0 fully saturated rings. The fourth-order valence-corrected chi connectivity index (χ4v) is 4.54. The van der Waals surface area contributed by atoms with Gasteiger partial charge in [-0.25, -0.2) is 0 Å². The summed E-state index contributed by atoms with van der Waals surface area (Å²) >= 11 is 12.6. The zero-order chi connectivity index (χ0) is 25.1. The van der Waals surface area contributed by atoms with Crippen LogP contribution in [0.15, 0.2) is 89.9 Å². The van der Waals surface area contributed by atoms with Crippen molar-refractivity contribution in [3.63, 3.8) is 0 Å². The second-order valence-corrected chi connectivity index (χ2v) is 9.36. The minimum atomic E-state index is -0.184. The Labute approximate surface area is 217 Å². The summed E-state index contributed by atoms with van der Waals surface area (Å²) in [7, 11) is 0. The zero-order valence-electron chi connectivity index (χ0n) is 19.2. The number of H-pyrrole nitrogens is 1. The molecule has 0 saturated heterocycles. The van der Waals surface area contributed by atoms with E-state index in [4.69, 9.17) is 23.2 Å². The van der Waals surface area contributed by atoms with Gasteiger partial charge in [0.2, 0.25) is 0 Å². The van der Waals surface area contributed by atoms with Gasteiger partial charge in [-0.3, -0.25) is 14.7 Å². The second-order valence-electron chi connectivity index (χ2n) is 8.51. The van der Waals surface area contributed by atoms with E-state index >= 15 is 0 Å². The van der Waals surface area contributed by atoms with Crippen molar-refractivity contribution in [1.29, 1.82) is 0 Å². The van der Waals surface area contributed by atoms with Gasteiger partial charge in [0.1, 0.15) is 0 Å². The third-order valence-electron chi connectivity index (χ3n) is 5.97. The Morgan fingerprint density at radius 3 is 2.64 bits per heavy atom. The molecular weight excluding hydrogens is 495 g/mol. The van der Waals surface area contributed by atoms with Gasteiger partial charge in [-0.2, -0.15) is 5.10 Å². The number of benzene rings is 3. The van der Waals surface area contributed by atoms with Gasteiger partial charge in [0.05, 0.1) is 24.3 Å². The molecule has 0 bridgehead atoms. The highest BCUT2D eigenvalue weighted by atomic mass is 35.5. The molecule has 0 aliphatic carbocycles. The highest BCUT2D eigenvalue weighted by Gasteiger charge is 2.11. The van der Waals surface area contributed by atoms with Gasteiger partial charge in [-0.05, 0) is 65.6 Å². The van der Waals surface area contributed by atoms with E-state index in [2.05, 4.69) is 15.5 Å². The van der Waals surface area contributed by atoms with Gasteiger partial charge < -0.3 is 9.88 Å². The lowest BCUT2D eigenvalue weighted by Crippen LogP contribution is -2.23. The Balaban J connectivity index is 1.26. The van der Waals surface area contributed by atoms with E-state index in [0.29, 0.717) is 28.6 Å². The molecule has 1 amide bonds. The Hall–Kier alpha value is -3.87. The van der Waals surface area contributed by atoms with Crippen LogP contribution in [0.4, 0.5) is 0 Å². The van der Waals surface area contributed by atoms with Gasteiger partial charge >= 0.3 is 0 Å². The number of carbonyl (C=O) groups is 1. The molecule has 3 aromatic carbocycles. The van der Waals surface area contributed by atoms with Crippen LogP contribution >= 0.6 is 23.2 Å². The number of hydrogen-bond donors (Lipinski definition) is 2. The van der Waals surface area contributed by atoms with Crippen LogP contribution in [-0.2, 0) is 19.5 Å². The predicted octanol–water partition coefficient (Wildman–Crippen LogP) is 5.60. The highest BCUT2D eigenvalue weighted by molar-refractivity contribution is 6.31. The number of rotatable bonds is 7. The first-order valence-corrected chi connectivity index (χ1v) is 12.1. The molecule has 8 heteroatoms. The average Bonchev–Trinajstić information content (AvgIpc) is 3.27. The first-order chi connectivity index (χ1) is 17.5. The number of carbonyl (C=O) groups excluding carboxylic acids is 1. The zero-order valence-corrected chi connectivity index (χ0v) is 20.7. The first-order valence-electron chi connectivity index (χ1n) is 11.4. The van der Waals surface area contributed by atoms with Crippen molar-refractivity contribution in [3.8, 4) is 0 Å². The molecule has 2 N–H and O–H groups in total. The minimum absolute atomic E-state index is 0.0722. The molecule has 0 aliphatic rings. The van der Waals surface area contributed by atoms with Crippen molar-refractivity contribution >= 4 is 40.0 Å². The van der Waals surface area contributed by atoms with Crippen LogP contribution in [0.3, 0.4) is 0 Å². The monoisotopic (exact) mass is 516 g/mol. The van der Waals surface area contributed by atoms with Crippen molar-refractivity contribution in [1.82, 2.24) is 20.1 Å². The quantitative estimate of drug-likeness (QED) is 0.295. The van der Waals surface area contributed by atoms with Crippen LogP contribution in [0.1, 0.15) is 32.7 Å². The van der Waals surface area contributed by atoms with Crippen LogP contribution in [0.2, 0.25) is 10.0 Å². The lowest BCUT2D eigenvalue weighted by molar-refractivity contribution is 0.0950. The smallest absolute Gasteiger partial charge is 0.251 e. The molecule has 0 radical (unpaired) electrons. The summed E-state index contributed by atoms with van der Waals surface area (Å²) in [4.78, 5) is 24.8. The number of nitrogens with one attached hydrogen (secondary N) is 2. The summed E-state index contributed by atoms with van der Waals surface area (Å²) in [6.45, 7) is 0.691. The third kappa shape index (κ3) is 5.35. The average molecular weight is 517 g/mol. The van der Waals surface area contributed by atoms with Gasteiger partial charge in [-0.15, -0.1) is 0 Å². The van der Waals surface area contributed by atoms with Crippen LogP contribution in [0.5, 0.6) is 0 Å². The number of hydrogen-bond acceptors (Lipinski definition) is 3. The number of aromatic amines is 1. The molecular formula is C28H22Cl2N4O2. The lowest BCUT2D eigenvalue weighted by atomic mass is 10.0. The number of aromatic nitrogens is 3. The molecule has 36 heavy (non-hydrogen) atoms. The Morgan fingerprint density at radius 2 is 1.81 bits per heavy atom. The Kier molecular flexibility index (Phi) is 6.89. The Morgan fingerprint density at radius 1 is 0.944 bits per heavy atom. The SMILES string of the molecule is O=C(NCc1n[nH]c2ccc(Cl)cc12)c1cccc(Cc2ccc(Cn3ccccc3=O)c(Cl)c2)c1. The molecule has 0 saturated carbocycles. The molecule has 0 atom stereocenters. The summed E-state index contributed by atoms with van der Waals surface area (Å²) < 4.78 is 1.61. The Bertz CT molecular complexity index is 1620. The normalized spacial score (nSPS) is 11.1. The van der Waals surface area contributed by atoms with E-state index in [9.17, 15) is 9.59 Å². The maximum Gasteiger partial charge on any atom is 0.251 e. The standard InChI is InChI=1S/C28H22Cl2N4O2/c29-22-9-10-25-23(15-22)26(33-32-25)16-31-28(36)20-5-3-4-18(13-20)12-19-7-8-21(24(30)14-19)17-34-11-2-1-6-27(34)35/h1-11,13-15H,12,16-17H2,(H,31,36)(H,32,33). The van der Waals surface area contributed by atoms with Gasteiger partial charge in [0.15, 0.2) is 0 Å². The summed E-state index contributed by atoms with van der Waals surface area (Å²) in [5.41, 5.74) is 4.96. The van der Waals surface area contributed by atoms with Crippen molar-refractivity contribution < 1.29 is 4.79 Å². The second kappa shape index (κ2) is 10.4. The molecule has 5 rings (SSSR count). The van der Waals surface area contributed by atoms with Gasteiger partial charge in [0.25, 0.3) is 11.5 Å². The van der Waals surface area contributed by atoms with Crippen molar-refractivity contribution in [3.05, 3.63) is 133 Å². The van der Waals surface area contributed by atoms with Crippen LogP contribution in [0.25, 0.3) is 10.9 Å². The minimum Gasteiger partial charge on any atom is -0.346 e. The fraction of sp³-hybridized carbons (Fsp3) is 0.107. The first kappa shape index (κ1) is 23.9. The topological polar surface area (TPSA) is 79.8 Å². The van der Waals surface area contributed by atoms with Crippen LogP contribution in [0, 0.1) is 0 Å². The van der Waals surface area contributed by atoms with E-state index in [1.165, 1.54) is 6.07 Å². The molecule has 0 aliphatic heterocycles. The van der Waals surface area contributed by atoms with E-state index in [1.807, 2.05) is 54.6 Å². The van der Waals surface area contributed by atoms with E-state index in [1.54, 1.807) is 29.0 Å². The van der Waals surface area contributed by atoms with Crippen molar-refractivity contribution in [2.75, 3.05) is 0 Å². The summed E-state index contributed by atoms with van der Waals surface area (Å²) in [6.07, 6.45) is 2.36. The number of fused-ring (bicyclic) bond motifs is 1. The van der Waals surface area contributed by atoms with Gasteiger partial charge in [-0.1, -0.05) is 53.5 Å². The predicted molar refractivity (Wildman–Crippen MR) is 143 cm³/mol. The van der Waals surface area contributed by atoms with Crippen molar-refractivity contribution in [2.45, 2.75) is 19.5 Å². The molecule has 0 unspecified atom stereocenters. The summed E-state index contributed by atoms with van der Waals surface area (Å²) in [6, 6.07) is 23.9. The molecule has 180 valence electrons. The maximum atomic E-state index is 12.8. The number of nitrogens with zero attached hydrogens (tertiary/aromatic N) is 2. The summed E-state index contributed by atoms with van der Waals surface area (Å²) in [5, 5.41) is 12.3. The van der Waals surface area contributed by atoms with E-state index in [0.717, 1.165) is 33.3 Å². The number of pyridine rings is 1. The van der Waals surface area contributed by atoms with Crippen LogP contribution in [-0.4, -0.2) is 20.7 Å². The third-order valence-corrected chi connectivity index (χ3v) is 6.56. The van der Waals surface area contributed by atoms with Gasteiger partial charge in [0, 0.05) is 33.3 Å². The van der Waals surface area contributed by atoms with E-state index < -0.39 is 0 Å². The highest BCUT2D eigenvalue weighted by Crippen LogP contribution is 2.22. The van der Waals surface area contributed by atoms with E-state index in [-0.39, 0.29) is 18.0 Å². The molecule has 0 spiro atoms. The molecule has 2 aromatic heterocycles. The molecule has 2 heterocycles.